The molecular weight excluding hydrogens is 534 g/mol. The number of aryl methyl sites for hydroxylation is 1. The smallest absolute Gasteiger partial charge is 0.303 e. The number of hydrogen-bond donors (Lipinski definition) is 1. The second-order valence-electron chi connectivity index (χ2n) is 10.1. The number of aromatic nitrogens is 3. The minimum Gasteiger partial charge on any atom is -0.481 e. The van der Waals surface area contributed by atoms with E-state index in [0.717, 1.165) is 0 Å². The Kier molecular flexibility index (Phi) is 6.56. The highest BCUT2D eigenvalue weighted by Gasteiger charge is 2.41. The van der Waals surface area contributed by atoms with Crippen LogP contribution in [0, 0.1) is 11.6 Å². The van der Waals surface area contributed by atoms with Gasteiger partial charge in [0, 0.05) is 30.9 Å². The molecule has 0 saturated heterocycles. The van der Waals surface area contributed by atoms with Gasteiger partial charge in [-0.1, -0.05) is 11.2 Å². The number of halogens is 2. The second-order valence-corrected chi connectivity index (χ2v) is 10.1. The summed E-state index contributed by atoms with van der Waals surface area (Å²) in [6.07, 6.45) is 1.58. The van der Waals surface area contributed by atoms with Crippen molar-refractivity contribution in [3.8, 4) is 5.69 Å². The van der Waals surface area contributed by atoms with Gasteiger partial charge in [-0.2, -0.15) is 0 Å². The summed E-state index contributed by atoms with van der Waals surface area (Å²) in [6, 6.07) is 14.8. The molecule has 0 aliphatic carbocycles. The Morgan fingerprint density at radius 1 is 1.00 bits per heavy atom. The molecule has 0 radical (unpaired) electrons. The first-order valence-electron chi connectivity index (χ1n) is 13.1. The molecule has 0 fully saturated rings. The number of benzene rings is 3. The first kappa shape index (κ1) is 26.3. The minimum absolute atomic E-state index is 0.00608. The Morgan fingerprint density at radius 2 is 1.78 bits per heavy atom. The summed E-state index contributed by atoms with van der Waals surface area (Å²) in [4.78, 5) is 39.6. The lowest BCUT2D eigenvalue weighted by Gasteiger charge is -2.16. The summed E-state index contributed by atoms with van der Waals surface area (Å²) in [5.41, 5.74) is 1.65. The third-order valence-electron chi connectivity index (χ3n) is 7.06. The molecule has 1 aliphatic heterocycles. The topological polar surface area (TPSA) is 120 Å². The van der Waals surface area contributed by atoms with Crippen LogP contribution in [-0.2, 0) is 21.7 Å². The predicted octanol–water partition coefficient (Wildman–Crippen LogP) is 5.64. The van der Waals surface area contributed by atoms with Gasteiger partial charge >= 0.3 is 5.97 Å². The Hall–Kier alpha value is -4.93. The maximum absolute atomic E-state index is 13.6. The van der Waals surface area contributed by atoms with E-state index >= 15 is 0 Å². The van der Waals surface area contributed by atoms with Crippen LogP contribution in [0.1, 0.15) is 49.9 Å². The molecule has 208 valence electrons. The van der Waals surface area contributed by atoms with Crippen molar-refractivity contribution in [3.05, 3.63) is 99.9 Å². The Morgan fingerprint density at radius 3 is 2.56 bits per heavy atom. The molecule has 1 N–H and O–H groups in total. The zero-order valence-corrected chi connectivity index (χ0v) is 21.9. The molecule has 1 unspecified atom stereocenters. The van der Waals surface area contributed by atoms with Crippen LogP contribution in [0.4, 0.5) is 8.78 Å². The SMILES string of the molecule is CC1(c2nc3ccc(F)cc3o2)CC(c2ccc3c(=O)n(-c4ccc(F)cc4)c(CCCCC(=O)O)nc3c2)=NO1. The molecule has 0 saturated carbocycles. The lowest BCUT2D eigenvalue weighted by Crippen LogP contribution is -2.24. The lowest BCUT2D eigenvalue weighted by molar-refractivity contribution is -0.137. The molecule has 41 heavy (non-hydrogen) atoms. The van der Waals surface area contributed by atoms with Gasteiger partial charge in [-0.05, 0) is 68.3 Å². The molecule has 11 heteroatoms. The third kappa shape index (κ3) is 5.06. The maximum Gasteiger partial charge on any atom is 0.303 e. The van der Waals surface area contributed by atoms with Crippen LogP contribution in [0.2, 0.25) is 0 Å². The van der Waals surface area contributed by atoms with Crippen molar-refractivity contribution in [2.24, 2.45) is 5.16 Å². The zero-order valence-electron chi connectivity index (χ0n) is 21.9. The number of carboxylic acid groups (broad SMARTS) is 1. The average molecular weight is 559 g/mol. The van der Waals surface area contributed by atoms with Gasteiger partial charge < -0.3 is 14.4 Å². The van der Waals surface area contributed by atoms with E-state index in [1.165, 1.54) is 47.0 Å². The number of oxime groups is 1. The highest BCUT2D eigenvalue weighted by molar-refractivity contribution is 6.03. The van der Waals surface area contributed by atoms with E-state index in [1.54, 1.807) is 25.1 Å². The van der Waals surface area contributed by atoms with Gasteiger partial charge in [0.15, 0.2) is 5.58 Å². The molecule has 1 aliphatic rings. The van der Waals surface area contributed by atoms with Crippen molar-refractivity contribution in [2.75, 3.05) is 0 Å². The van der Waals surface area contributed by atoms with E-state index in [-0.39, 0.29) is 17.9 Å². The monoisotopic (exact) mass is 558 g/mol. The van der Waals surface area contributed by atoms with E-state index in [4.69, 9.17) is 19.3 Å². The predicted molar refractivity (Wildman–Crippen MR) is 146 cm³/mol. The Labute approximate surface area is 231 Å². The third-order valence-corrected chi connectivity index (χ3v) is 7.06. The number of fused-ring (bicyclic) bond motifs is 2. The summed E-state index contributed by atoms with van der Waals surface area (Å²) in [7, 11) is 0. The van der Waals surface area contributed by atoms with Crippen LogP contribution in [0.25, 0.3) is 27.7 Å². The quantitative estimate of drug-likeness (QED) is 0.245. The lowest BCUT2D eigenvalue weighted by atomic mass is 9.95. The number of hydrogen-bond acceptors (Lipinski definition) is 7. The summed E-state index contributed by atoms with van der Waals surface area (Å²) in [6.45, 7) is 1.78. The largest absolute Gasteiger partial charge is 0.481 e. The summed E-state index contributed by atoms with van der Waals surface area (Å²) in [5.74, 6) is -1.06. The number of carbonyl (C=O) groups is 1. The first-order valence-corrected chi connectivity index (χ1v) is 13.1. The van der Waals surface area contributed by atoms with Crippen LogP contribution >= 0.6 is 0 Å². The van der Waals surface area contributed by atoms with Crippen molar-refractivity contribution in [1.82, 2.24) is 14.5 Å². The molecule has 1 atom stereocenters. The Balaban J connectivity index is 1.34. The molecule has 0 amide bonds. The molecule has 2 aromatic heterocycles. The van der Waals surface area contributed by atoms with Crippen molar-refractivity contribution >= 4 is 33.7 Å². The van der Waals surface area contributed by atoms with Crippen LogP contribution in [0.15, 0.2) is 75.0 Å². The first-order chi connectivity index (χ1) is 19.7. The van der Waals surface area contributed by atoms with Crippen LogP contribution in [0.3, 0.4) is 0 Å². The molecule has 6 rings (SSSR count). The van der Waals surface area contributed by atoms with E-state index in [2.05, 4.69) is 10.1 Å². The van der Waals surface area contributed by atoms with Gasteiger partial charge in [0.1, 0.15) is 23.0 Å². The van der Waals surface area contributed by atoms with Gasteiger partial charge in [0.25, 0.3) is 5.56 Å². The van der Waals surface area contributed by atoms with Crippen LogP contribution in [-0.4, -0.2) is 31.3 Å². The normalized spacial score (nSPS) is 16.7. The second kappa shape index (κ2) is 10.2. The van der Waals surface area contributed by atoms with Crippen molar-refractivity contribution in [2.45, 2.75) is 44.6 Å². The number of carboxylic acids is 1. The zero-order chi connectivity index (χ0) is 28.7. The van der Waals surface area contributed by atoms with Gasteiger partial charge in [0.05, 0.1) is 22.3 Å². The fraction of sp³-hybridized carbons (Fsp3) is 0.233. The number of rotatable bonds is 8. The highest BCUT2D eigenvalue weighted by atomic mass is 19.1. The van der Waals surface area contributed by atoms with Crippen LogP contribution < -0.4 is 5.56 Å². The van der Waals surface area contributed by atoms with Crippen molar-refractivity contribution < 1.29 is 27.9 Å². The number of nitrogens with zero attached hydrogens (tertiary/aromatic N) is 4. The van der Waals surface area contributed by atoms with Crippen molar-refractivity contribution in [1.29, 1.82) is 0 Å². The molecule has 9 nitrogen and oxygen atoms in total. The molecule has 5 aromatic rings. The molecule has 0 spiro atoms. The molecule has 3 aromatic carbocycles. The van der Waals surface area contributed by atoms with Crippen LogP contribution in [0.5, 0.6) is 0 Å². The van der Waals surface area contributed by atoms with E-state index in [0.29, 0.717) is 70.5 Å². The molecule has 3 heterocycles. The molecule has 0 bridgehead atoms. The average Bonchev–Trinajstić information content (AvgIpc) is 3.56. The standard InChI is InChI=1S/C30H24F2N4O5/c1-30(29-34-22-13-9-19(32)15-25(22)40-29)16-24(35-41-30)17-6-12-21-23(14-17)33-26(4-2-3-5-27(37)38)36(28(21)39)20-10-7-18(31)8-11-20/h6-15H,2-5,16H2,1H3,(H,37,38). The molecular formula is C30H24F2N4O5. The fourth-order valence-corrected chi connectivity index (χ4v) is 4.93. The van der Waals surface area contributed by atoms with E-state index < -0.39 is 23.2 Å². The Bertz CT molecular complexity index is 1900. The van der Waals surface area contributed by atoms with E-state index in [1.807, 2.05) is 0 Å². The maximum atomic E-state index is 13.6. The van der Waals surface area contributed by atoms with Gasteiger partial charge in [0.2, 0.25) is 11.5 Å². The van der Waals surface area contributed by atoms with Gasteiger partial charge in [-0.15, -0.1) is 0 Å². The number of aliphatic carboxylic acids is 1. The summed E-state index contributed by atoms with van der Waals surface area (Å²) >= 11 is 0. The summed E-state index contributed by atoms with van der Waals surface area (Å²) in [5, 5.41) is 13.6. The summed E-state index contributed by atoms with van der Waals surface area (Å²) < 4.78 is 34.4. The van der Waals surface area contributed by atoms with E-state index in [9.17, 15) is 18.4 Å². The number of oxazole rings is 1. The number of unbranched alkanes of at least 4 members (excludes halogenated alkanes) is 1. The van der Waals surface area contributed by atoms with Crippen molar-refractivity contribution in [3.63, 3.8) is 0 Å². The van der Waals surface area contributed by atoms with Gasteiger partial charge in [-0.25, -0.2) is 18.7 Å². The highest BCUT2D eigenvalue weighted by Crippen LogP contribution is 2.37. The fourth-order valence-electron chi connectivity index (χ4n) is 4.93. The minimum atomic E-state index is -1.02. The van der Waals surface area contributed by atoms with Gasteiger partial charge in [-0.3, -0.25) is 14.2 Å².